The van der Waals surface area contributed by atoms with Gasteiger partial charge in [-0.05, 0) is 50.8 Å². The first-order valence-corrected chi connectivity index (χ1v) is 12.4. The number of rotatable bonds is 7. The minimum Gasteiger partial charge on any atom is -0.508 e. The highest BCUT2D eigenvalue weighted by Crippen LogP contribution is 2.27. The summed E-state index contributed by atoms with van der Waals surface area (Å²) < 4.78 is 7.64. The van der Waals surface area contributed by atoms with Crippen LogP contribution in [0.25, 0.3) is 11.2 Å². The number of phenolic OH excluding ortho intramolecular Hbond substituents is 1. The van der Waals surface area contributed by atoms with E-state index in [1.165, 1.54) is 0 Å². The summed E-state index contributed by atoms with van der Waals surface area (Å²) in [5.41, 5.74) is 2.85. The standard InChI is InChI=1S/C25H35N7O2/c1-18(2)32-17-27-22-23(26-10-7-19-3-5-21(33)6-4-19)28-25(29-24(22)32)31-11-8-20(9-12-31)30-13-15-34-16-14-30/h3-6,17-18,20,33H,7-16H2,1-2H3,(H,26,28,29). The maximum Gasteiger partial charge on any atom is 0.229 e. The number of nitrogens with zero attached hydrogens (tertiary/aromatic N) is 6. The summed E-state index contributed by atoms with van der Waals surface area (Å²) in [6.07, 6.45) is 4.93. The van der Waals surface area contributed by atoms with Crippen LogP contribution in [-0.4, -0.2) is 81.5 Å². The average Bonchev–Trinajstić information content (AvgIpc) is 3.30. The van der Waals surface area contributed by atoms with Gasteiger partial charge in [-0.15, -0.1) is 0 Å². The van der Waals surface area contributed by atoms with Crippen molar-refractivity contribution < 1.29 is 9.84 Å². The number of aromatic hydroxyl groups is 1. The van der Waals surface area contributed by atoms with E-state index in [1.807, 2.05) is 18.5 Å². The third kappa shape index (κ3) is 4.95. The van der Waals surface area contributed by atoms with Crippen molar-refractivity contribution in [2.75, 3.05) is 56.2 Å². The number of nitrogens with one attached hydrogen (secondary N) is 1. The van der Waals surface area contributed by atoms with Crippen molar-refractivity contribution in [2.24, 2.45) is 0 Å². The van der Waals surface area contributed by atoms with E-state index < -0.39 is 0 Å². The number of piperidine rings is 1. The normalized spacial score (nSPS) is 18.1. The predicted octanol–water partition coefficient (Wildman–Crippen LogP) is 3.07. The molecule has 2 fully saturated rings. The second kappa shape index (κ2) is 10.1. The minimum atomic E-state index is 0.268. The fraction of sp³-hybridized carbons (Fsp3) is 0.560. The lowest BCUT2D eigenvalue weighted by atomic mass is 10.0. The number of ether oxygens (including phenoxy) is 1. The lowest BCUT2D eigenvalue weighted by molar-refractivity contribution is 0.0114. The van der Waals surface area contributed by atoms with Gasteiger partial charge in [0.05, 0.1) is 19.5 Å². The van der Waals surface area contributed by atoms with E-state index in [1.54, 1.807) is 12.1 Å². The van der Waals surface area contributed by atoms with Gasteiger partial charge in [-0.25, -0.2) is 4.98 Å². The third-order valence-corrected chi connectivity index (χ3v) is 6.92. The number of hydrogen-bond donors (Lipinski definition) is 2. The SMILES string of the molecule is CC(C)n1cnc2c(NCCc3ccc(O)cc3)nc(N3CCC(N4CCOCC4)CC3)nc21. The van der Waals surface area contributed by atoms with E-state index in [4.69, 9.17) is 14.7 Å². The summed E-state index contributed by atoms with van der Waals surface area (Å²) in [4.78, 5) is 19.4. The van der Waals surface area contributed by atoms with Gasteiger partial charge in [-0.3, -0.25) is 4.90 Å². The first kappa shape index (κ1) is 22.9. The molecule has 2 aromatic heterocycles. The molecule has 0 amide bonds. The van der Waals surface area contributed by atoms with Crippen LogP contribution >= 0.6 is 0 Å². The number of morpholine rings is 1. The molecule has 0 atom stereocenters. The molecular weight excluding hydrogens is 430 g/mol. The zero-order valence-corrected chi connectivity index (χ0v) is 20.2. The zero-order chi connectivity index (χ0) is 23.5. The van der Waals surface area contributed by atoms with Gasteiger partial charge >= 0.3 is 0 Å². The van der Waals surface area contributed by atoms with E-state index in [0.29, 0.717) is 6.04 Å². The van der Waals surface area contributed by atoms with E-state index in [9.17, 15) is 5.11 Å². The summed E-state index contributed by atoms with van der Waals surface area (Å²) in [6.45, 7) is 10.7. The Morgan fingerprint density at radius 2 is 1.79 bits per heavy atom. The first-order chi connectivity index (χ1) is 16.6. The van der Waals surface area contributed by atoms with Gasteiger partial charge in [-0.2, -0.15) is 9.97 Å². The zero-order valence-electron chi connectivity index (χ0n) is 20.2. The number of phenols is 1. The Morgan fingerprint density at radius 3 is 2.50 bits per heavy atom. The van der Waals surface area contributed by atoms with Crippen LogP contribution in [0, 0.1) is 0 Å². The molecule has 1 aromatic carbocycles. The Morgan fingerprint density at radius 1 is 1.06 bits per heavy atom. The number of hydrogen-bond acceptors (Lipinski definition) is 8. The molecule has 3 aromatic rings. The fourth-order valence-electron chi connectivity index (χ4n) is 4.91. The monoisotopic (exact) mass is 465 g/mol. The van der Waals surface area contributed by atoms with Gasteiger partial charge in [0.1, 0.15) is 5.75 Å². The largest absolute Gasteiger partial charge is 0.508 e. The van der Waals surface area contributed by atoms with Gasteiger partial charge in [0.15, 0.2) is 17.0 Å². The second-order valence-corrected chi connectivity index (χ2v) is 9.50. The maximum absolute atomic E-state index is 9.51. The molecule has 0 saturated carbocycles. The maximum atomic E-state index is 9.51. The Hall–Kier alpha value is -2.91. The topological polar surface area (TPSA) is 91.6 Å². The lowest BCUT2D eigenvalue weighted by Gasteiger charge is -2.40. The van der Waals surface area contributed by atoms with E-state index >= 15 is 0 Å². The molecule has 34 heavy (non-hydrogen) atoms. The highest BCUT2D eigenvalue weighted by molar-refractivity contribution is 5.84. The van der Waals surface area contributed by atoms with Gasteiger partial charge in [0.25, 0.3) is 0 Å². The van der Waals surface area contributed by atoms with Crippen LogP contribution in [0.2, 0.25) is 0 Å². The highest BCUT2D eigenvalue weighted by Gasteiger charge is 2.28. The molecule has 2 N–H and O–H groups in total. The Kier molecular flexibility index (Phi) is 6.82. The highest BCUT2D eigenvalue weighted by atomic mass is 16.5. The smallest absolute Gasteiger partial charge is 0.229 e. The lowest BCUT2D eigenvalue weighted by Crippen LogP contribution is -2.49. The quantitative estimate of drug-likeness (QED) is 0.550. The van der Waals surface area contributed by atoms with Crippen molar-refractivity contribution in [3.8, 4) is 5.75 Å². The van der Waals surface area contributed by atoms with Crippen molar-refractivity contribution >= 4 is 22.9 Å². The molecule has 4 heterocycles. The van der Waals surface area contributed by atoms with Gasteiger partial charge in [0.2, 0.25) is 5.95 Å². The van der Waals surface area contributed by atoms with Gasteiger partial charge in [-0.1, -0.05) is 12.1 Å². The van der Waals surface area contributed by atoms with E-state index in [-0.39, 0.29) is 11.8 Å². The molecule has 0 spiro atoms. The molecule has 2 aliphatic rings. The summed E-state index contributed by atoms with van der Waals surface area (Å²) in [5, 5.41) is 13.0. The van der Waals surface area contributed by atoms with Crippen LogP contribution < -0.4 is 10.2 Å². The van der Waals surface area contributed by atoms with Crippen molar-refractivity contribution in [3.05, 3.63) is 36.2 Å². The number of fused-ring (bicyclic) bond motifs is 1. The number of aromatic nitrogens is 4. The number of imidazole rings is 1. The molecular formula is C25H35N7O2. The predicted molar refractivity (Wildman–Crippen MR) is 134 cm³/mol. The van der Waals surface area contributed by atoms with Gasteiger partial charge in [0, 0.05) is 44.8 Å². The average molecular weight is 466 g/mol. The van der Waals surface area contributed by atoms with E-state index in [2.05, 4.69) is 38.5 Å². The third-order valence-electron chi connectivity index (χ3n) is 6.92. The Labute approximate surface area is 200 Å². The van der Waals surface area contributed by atoms with Crippen LogP contribution in [0.15, 0.2) is 30.6 Å². The number of benzene rings is 1. The molecule has 0 aliphatic carbocycles. The molecule has 9 heteroatoms. The fourth-order valence-corrected chi connectivity index (χ4v) is 4.91. The van der Waals surface area contributed by atoms with Crippen LogP contribution in [0.4, 0.5) is 11.8 Å². The summed E-state index contributed by atoms with van der Waals surface area (Å²) in [6, 6.07) is 8.23. The molecule has 0 unspecified atom stereocenters. The van der Waals surface area contributed by atoms with E-state index in [0.717, 1.165) is 93.7 Å². The summed E-state index contributed by atoms with van der Waals surface area (Å²) >= 11 is 0. The van der Waals surface area contributed by atoms with Crippen LogP contribution in [0.5, 0.6) is 5.75 Å². The molecule has 0 radical (unpaired) electrons. The van der Waals surface area contributed by atoms with Crippen LogP contribution in [0.1, 0.15) is 38.3 Å². The Bertz CT molecular complexity index is 1080. The van der Waals surface area contributed by atoms with Crippen LogP contribution in [0.3, 0.4) is 0 Å². The molecule has 182 valence electrons. The summed E-state index contributed by atoms with van der Waals surface area (Å²) in [7, 11) is 0. The molecule has 2 saturated heterocycles. The van der Waals surface area contributed by atoms with Crippen LogP contribution in [-0.2, 0) is 11.2 Å². The summed E-state index contributed by atoms with van der Waals surface area (Å²) in [5.74, 6) is 1.85. The Balaban J connectivity index is 1.33. The van der Waals surface area contributed by atoms with Crippen molar-refractivity contribution in [3.63, 3.8) is 0 Å². The van der Waals surface area contributed by atoms with Crippen molar-refractivity contribution in [1.29, 1.82) is 0 Å². The minimum absolute atomic E-state index is 0.268. The number of anilines is 2. The van der Waals surface area contributed by atoms with Crippen molar-refractivity contribution in [1.82, 2.24) is 24.4 Å². The second-order valence-electron chi connectivity index (χ2n) is 9.50. The van der Waals surface area contributed by atoms with Gasteiger partial charge < -0.3 is 24.6 Å². The molecule has 5 rings (SSSR count). The molecule has 9 nitrogen and oxygen atoms in total. The molecule has 0 bridgehead atoms. The first-order valence-electron chi connectivity index (χ1n) is 12.4. The van der Waals surface area contributed by atoms with Crippen molar-refractivity contribution in [2.45, 2.75) is 45.2 Å². The molecule has 2 aliphatic heterocycles.